The van der Waals surface area contributed by atoms with Gasteiger partial charge in [0.05, 0.1) is 18.1 Å². The Labute approximate surface area is 124 Å². The van der Waals surface area contributed by atoms with Gasteiger partial charge >= 0.3 is 0 Å². The molecule has 0 aliphatic carbocycles. The largest absolute Gasteiger partial charge is 0.487 e. The van der Waals surface area contributed by atoms with Crippen LogP contribution in [0.1, 0.15) is 32.0 Å². The van der Waals surface area contributed by atoms with Gasteiger partial charge in [0.2, 0.25) is 0 Å². The summed E-state index contributed by atoms with van der Waals surface area (Å²) in [6.45, 7) is 7.30. The fourth-order valence-corrected chi connectivity index (χ4v) is 1.66. The van der Waals surface area contributed by atoms with Crippen molar-refractivity contribution >= 4 is 0 Å². The minimum absolute atomic E-state index is 0.0568. The second-order valence-electron chi connectivity index (χ2n) is 5.89. The average Bonchev–Trinajstić information content (AvgIpc) is 2.43. The smallest absolute Gasteiger partial charge is 0.141 e. The van der Waals surface area contributed by atoms with Crippen molar-refractivity contribution in [1.29, 1.82) is 0 Å². The van der Waals surface area contributed by atoms with Gasteiger partial charge in [-0.15, -0.1) is 0 Å². The van der Waals surface area contributed by atoms with Gasteiger partial charge in [-0.25, -0.2) is 4.39 Å². The van der Waals surface area contributed by atoms with Crippen LogP contribution in [0.15, 0.2) is 36.8 Å². The molecule has 4 nitrogen and oxygen atoms in total. The van der Waals surface area contributed by atoms with Gasteiger partial charge in [0.25, 0.3) is 0 Å². The third-order valence-electron chi connectivity index (χ3n) is 2.76. The molecule has 0 fully saturated rings. The molecule has 2 aromatic heterocycles. The number of halogens is 1. The van der Waals surface area contributed by atoms with Crippen molar-refractivity contribution < 1.29 is 9.13 Å². The van der Waals surface area contributed by atoms with E-state index in [0.29, 0.717) is 17.9 Å². The van der Waals surface area contributed by atoms with E-state index in [9.17, 15) is 4.39 Å². The summed E-state index contributed by atoms with van der Waals surface area (Å²) in [6, 6.07) is 5.18. The van der Waals surface area contributed by atoms with Crippen molar-refractivity contribution in [2.45, 2.75) is 39.5 Å². The molecule has 0 unspecified atom stereocenters. The van der Waals surface area contributed by atoms with Gasteiger partial charge < -0.3 is 10.1 Å². The van der Waals surface area contributed by atoms with Crippen LogP contribution in [-0.4, -0.2) is 15.5 Å². The van der Waals surface area contributed by atoms with Crippen molar-refractivity contribution in [2.75, 3.05) is 0 Å². The third kappa shape index (κ3) is 5.47. The highest BCUT2D eigenvalue weighted by Gasteiger charge is 2.08. The molecular formula is C16H20FN3O. The van der Waals surface area contributed by atoms with Crippen molar-refractivity contribution in [3.63, 3.8) is 0 Å². The molecule has 112 valence electrons. The van der Waals surface area contributed by atoms with Gasteiger partial charge in [0.1, 0.15) is 18.2 Å². The van der Waals surface area contributed by atoms with Crippen molar-refractivity contribution in [2.24, 2.45) is 0 Å². The van der Waals surface area contributed by atoms with E-state index in [4.69, 9.17) is 4.74 Å². The number of rotatable bonds is 5. The molecule has 1 N–H and O–H groups in total. The Bertz CT molecular complexity index is 579. The quantitative estimate of drug-likeness (QED) is 0.919. The highest BCUT2D eigenvalue weighted by atomic mass is 19.1. The maximum absolute atomic E-state index is 13.0. The summed E-state index contributed by atoms with van der Waals surface area (Å²) in [5.74, 6) is 0.289. The first-order valence-electron chi connectivity index (χ1n) is 6.84. The molecule has 21 heavy (non-hydrogen) atoms. The Morgan fingerprint density at radius 1 is 1.19 bits per heavy atom. The van der Waals surface area contributed by atoms with E-state index < -0.39 is 0 Å². The molecule has 0 radical (unpaired) electrons. The second-order valence-corrected chi connectivity index (χ2v) is 5.89. The Balaban J connectivity index is 1.87. The predicted molar refractivity (Wildman–Crippen MR) is 79.4 cm³/mol. The van der Waals surface area contributed by atoms with E-state index in [0.717, 1.165) is 5.69 Å². The van der Waals surface area contributed by atoms with Crippen LogP contribution in [0.25, 0.3) is 0 Å². The number of hydrogen-bond acceptors (Lipinski definition) is 4. The topological polar surface area (TPSA) is 47.0 Å². The lowest BCUT2D eigenvalue weighted by Gasteiger charge is -2.20. The van der Waals surface area contributed by atoms with Gasteiger partial charge in [-0.05, 0) is 39.0 Å². The summed E-state index contributed by atoms with van der Waals surface area (Å²) in [5, 5.41) is 3.37. The summed E-state index contributed by atoms with van der Waals surface area (Å²) in [6.07, 6.45) is 4.42. The molecule has 0 aromatic carbocycles. The molecule has 2 rings (SSSR count). The van der Waals surface area contributed by atoms with E-state index in [1.165, 1.54) is 12.3 Å². The van der Waals surface area contributed by atoms with Crippen LogP contribution < -0.4 is 10.1 Å². The van der Waals surface area contributed by atoms with Gasteiger partial charge in [-0.2, -0.15) is 0 Å². The van der Waals surface area contributed by atoms with Crippen molar-refractivity contribution in [3.8, 4) is 5.75 Å². The highest BCUT2D eigenvalue weighted by molar-refractivity contribution is 5.21. The Kier molecular flexibility index (Phi) is 4.85. The number of hydrogen-bond donors (Lipinski definition) is 1. The fraction of sp³-hybridized carbons (Fsp3) is 0.375. The molecule has 0 aliphatic rings. The third-order valence-corrected chi connectivity index (χ3v) is 2.76. The van der Waals surface area contributed by atoms with Crippen LogP contribution in [0, 0.1) is 5.82 Å². The van der Waals surface area contributed by atoms with E-state index in [1.807, 2.05) is 12.1 Å². The fourth-order valence-electron chi connectivity index (χ4n) is 1.66. The monoisotopic (exact) mass is 289 g/mol. The first kappa shape index (κ1) is 15.4. The van der Waals surface area contributed by atoms with Crippen LogP contribution >= 0.6 is 0 Å². The molecule has 0 spiro atoms. The zero-order valence-electron chi connectivity index (χ0n) is 12.6. The van der Waals surface area contributed by atoms with Gasteiger partial charge in [-0.3, -0.25) is 9.97 Å². The lowest BCUT2D eigenvalue weighted by atomic mass is 10.1. The standard InChI is InChI=1S/C16H20FN3O/c1-16(2,3)20-9-14-4-5-15(10-19-14)21-11-12-6-13(17)8-18-7-12/h4-8,10,20H,9,11H2,1-3H3. The molecule has 0 amide bonds. The van der Waals surface area contributed by atoms with Crippen LogP contribution in [0.2, 0.25) is 0 Å². The normalized spacial score (nSPS) is 11.4. The molecule has 2 aromatic rings. The number of nitrogens with zero attached hydrogens (tertiary/aromatic N) is 2. The Morgan fingerprint density at radius 3 is 2.62 bits per heavy atom. The first-order chi connectivity index (χ1) is 9.92. The molecule has 0 saturated heterocycles. The lowest BCUT2D eigenvalue weighted by molar-refractivity contribution is 0.303. The predicted octanol–water partition coefficient (Wildman–Crippen LogP) is 3.08. The maximum atomic E-state index is 13.0. The van der Waals surface area contributed by atoms with Crippen LogP contribution in [0.4, 0.5) is 4.39 Å². The molecule has 0 saturated carbocycles. The zero-order chi connectivity index (χ0) is 15.3. The van der Waals surface area contributed by atoms with Gasteiger partial charge in [0.15, 0.2) is 0 Å². The van der Waals surface area contributed by atoms with Crippen molar-refractivity contribution in [3.05, 3.63) is 53.9 Å². The molecule has 0 bridgehead atoms. The average molecular weight is 289 g/mol. The van der Waals surface area contributed by atoms with Crippen LogP contribution in [0.5, 0.6) is 5.75 Å². The summed E-state index contributed by atoms with van der Waals surface area (Å²) in [4.78, 5) is 8.11. The number of nitrogens with one attached hydrogen (secondary N) is 1. The number of pyridine rings is 2. The van der Waals surface area contributed by atoms with E-state index in [1.54, 1.807) is 12.4 Å². The zero-order valence-corrected chi connectivity index (χ0v) is 12.6. The lowest BCUT2D eigenvalue weighted by Crippen LogP contribution is -2.35. The highest BCUT2D eigenvalue weighted by Crippen LogP contribution is 2.12. The van der Waals surface area contributed by atoms with Crippen molar-refractivity contribution in [1.82, 2.24) is 15.3 Å². The molecule has 2 heterocycles. The minimum Gasteiger partial charge on any atom is -0.487 e. The first-order valence-corrected chi connectivity index (χ1v) is 6.84. The SMILES string of the molecule is CC(C)(C)NCc1ccc(OCc2cncc(F)c2)cn1. The van der Waals surface area contributed by atoms with E-state index in [-0.39, 0.29) is 18.0 Å². The summed E-state index contributed by atoms with van der Waals surface area (Å²) in [7, 11) is 0. The minimum atomic E-state index is -0.363. The molecule has 0 atom stereocenters. The number of aromatic nitrogens is 2. The van der Waals surface area contributed by atoms with Crippen LogP contribution in [0.3, 0.4) is 0 Å². The van der Waals surface area contributed by atoms with Crippen LogP contribution in [-0.2, 0) is 13.2 Å². The van der Waals surface area contributed by atoms with Gasteiger partial charge in [0, 0.05) is 23.8 Å². The van der Waals surface area contributed by atoms with E-state index >= 15 is 0 Å². The summed E-state index contributed by atoms with van der Waals surface area (Å²) >= 11 is 0. The summed E-state index contributed by atoms with van der Waals surface area (Å²) in [5.41, 5.74) is 1.69. The van der Waals surface area contributed by atoms with E-state index in [2.05, 4.69) is 36.1 Å². The number of ether oxygens (including phenoxy) is 1. The Hall–Kier alpha value is -2.01. The summed E-state index contributed by atoms with van der Waals surface area (Å²) < 4.78 is 18.5. The Morgan fingerprint density at radius 2 is 2.00 bits per heavy atom. The van der Waals surface area contributed by atoms with Gasteiger partial charge in [-0.1, -0.05) is 0 Å². The molecule has 0 aliphatic heterocycles. The molecular weight excluding hydrogens is 269 g/mol. The maximum Gasteiger partial charge on any atom is 0.141 e. The molecule has 5 heteroatoms. The second kappa shape index (κ2) is 6.63.